The molecule has 0 radical (unpaired) electrons. The molecule has 4 rings (SSSR count). The molecule has 10 heteroatoms. The summed E-state index contributed by atoms with van der Waals surface area (Å²) in [5, 5.41) is 6.73. The molecule has 0 saturated heterocycles. The van der Waals surface area contributed by atoms with Crippen LogP contribution in [0.2, 0.25) is 0 Å². The Bertz CT molecular complexity index is 1000. The fourth-order valence-electron chi connectivity index (χ4n) is 2.21. The third kappa shape index (κ3) is 2.63. The van der Waals surface area contributed by atoms with Crippen molar-refractivity contribution in [2.24, 2.45) is 0 Å². The van der Waals surface area contributed by atoms with Gasteiger partial charge in [0, 0.05) is 23.2 Å². The van der Waals surface area contributed by atoms with Crippen molar-refractivity contribution in [1.82, 2.24) is 19.4 Å². The second-order valence-corrected chi connectivity index (χ2v) is 6.49. The summed E-state index contributed by atoms with van der Waals surface area (Å²) in [7, 11) is 0. The summed E-state index contributed by atoms with van der Waals surface area (Å²) in [4.78, 5) is 12.9. The van der Waals surface area contributed by atoms with Gasteiger partial charge in [0.2, 0.25) is 0 Å². The van der Waals surface area contributed by atoms with Gasteiger partial charge in [-0.3, -0.25) is 4.40 Å². The van der Waals surface area contributed by atoms with E-state index < -0.39 is 11.9 Å². The Morgan fingerprint density at radius 2 is 2.04 bits per heavy atom. The normalized spacial score (nSPS) is 12.0. The minimum atomic E-state index is -4.53. The third-order valence-corrected chi connectivity index (χ3v) is 4.76. The van der Waals surface area contributed by atoms with Gasteiger partial charge in [-0.1, -0.05) is 0 Å². The number of halogens is 3. The van der Waals surface area contributed by atoms with Crippen LogP contribution >= 0.6 is 22.7 Å². The molecule has 0 aliphatic rings. The molecule has 4 heterocycles. The van der Waals surface area contributed by atoms with Crippen LogP contribution in [0.3, 0.4) is 0 Å². The fourth-order valence-corrected chi connectivity index (χ4v) is 3.62. The van der Waals surface area contributed by atoms with Crippen LogP contribution in [-0.4, -0.2) is 19.4 Å². The number of aromatic nitrogens is 4. The molecule has 0 fully saturated rings. The van der Waals surface area contributed by atoms with Crippen molar-refractivity contribution in [3.63, 3.8) is 0 Å². The zero-order valence-electron chi connectivity index (χ0n) is 11.8. The standard InChI is InChI=1S/C14H8F3N5S2/c15-14(16,17)11-8(2-1-3-18-11)20-12-21-9(7-24-12)10-6-19-13-22(10)4-5-23-13/h1-7H,(H,20,21). The Hall–Kier alpha value is -2.46. The molecule has 0 aliphatic carbocycles. The number of nitrogens with zero attached hydrogens (tertiary/aromatic N) is 4. The van der Waals surface area contributed by atoms with E-state index in [2.05, 4.69) is 20.3 Å². The Morgan fingerprint density at radius 1 is 1.17 bits per heavy atom. The number of nitrogens with one attached hydrogen (secondary N) is 1. The molecule has 24 heavy (non-hydrogen) atoms. The molecular formula is C14H8F3N5S2. The number of thiazole rings is 2. The quantitative estimate of drug-likeness (QED) is 0.571. The first-order chi connectivity index (χ1) is 11.5. The lowest BCUT2D eigenvalue weighted by molar-refractivity contribution is -0.140. The van der Waals surface area contributed by atoms with Crippen LogP contribution in [0.15, 0.2) is 41.5 Å². The van der Waals surface area contributed by atoms with E-state index in [1.165, 1.54) is 34.8 Å². The molecule has 4 aromatic heterocycles. The molecule has 0 unspecified atom stereocenters. The van der Waals surface area contributed by atoms with Crippen molar-refractivity contribution in [2.75, 3.05) is 5.32 Å². The van der Waals surface area contributed by atoms with E-state index in [9.17, 15) is 13.2 Å². The lowest BCUT2D eigenvalue weighted by atomic mass is 10.3. The topological polar surface area (TPSA) is 55.1 Å². The zero-order valence-corrected chi connectivity index (χ0v) is 13.4. The highest BCUT2D eigenvalue weighted by Crippen LogP contribution is 2.35. The van der Waals surface area contributed by atoms with Gasteiger partial charge >= 0.3 is 6.18 Å². The Balaban J connectivity index is 1.66. The molecule has 0 spiro atoms. The first kappa shape index (κ1) is 15.1. The zero-order chi connectivity index (χ0) is 16.7. The monoisotopic (exact) mass is 367 g/mol. The van der Waals surface area contributed by atoms with Crippen LogP contribution in [-0.2, 0) is 6.18 Å². The van der Waals surface area contributed by atoms with E-state index in [1.807, 2.05) is 16.0 Å². The highest BCUT2D eigenvalue weighted by molar-refractivity contribution is 7.15. The van der Waals surface area contributed by atoms with Gasteiger partial charge in [-0.25, -0.2) is 15.0 Å². The summed E-state index contributed by atoms with van der Waals surface area (Å²) in [6, 6.07) is 2.77. The van der Waals surface area contributed by atoms with Crippen molar-refractivity contribution in [2.45, 2.75) is 6.18 Å². The van der Waals surface area contributed by atoms with Gasteiger partial charge in [0.1, 0.15) is 5.69 Å². The largest absolute Gasteiger partial charge is 0.435 e. The van der Waals surface area contributed by atoms with Gasteiger partial charge in [0.25, 0.3) is 0 Å². The molecule has 0 aromatic carbocycles. The second-order valence-electron chi connectivity index (χ2n) is 4.76. The van der Waals surface area contributed by atoms with Gasteiger partial charge in [0.05, 0.1) is 17.6 Å². The summed E-state index contributed by atoms with van der Waals surface area (Å²) < 4.78 is 40.8. The average Bonchev–Trinajstić information content (AvgIpc) is 3.22. The summed E-state index contributed by atoms with van der Waals surface area (Å²) in [5.41, 5.74) is 0.342. The summed E-state index contributed by atoms with van der Waals surface area (Å²) >= 11 is 2.71. The van der Waals surface area contributed by atoms with Crippen molar-refractivity contribution >= 4 is 38.5 Å². The maximum Gasteiger partial charge on any atom is 0.435 e. The SMILES string of the molecule is FC(F)(F)c1ncccc1Nc1nc(-c2cnc3sccn23)cs1. The van der Waals surface area contributed by atoms with Crippen LogP contribution in [0.1, 0.15) is 5.69 Å². The second kappa shape index (κ2) is 5.56. The highest BCUT2D eigenvalue weighted by atomic mass is 32.1. The van der Waals surface area contributed by atoms with E-state index in [4.69, 9.17) is 0 Å². The van der Waals surface area contributed by atoms with E-state index in [1.54, 1.807) is 11.6 Å². The molecule has 4 aromatic rings. The van der Waals surface area contributed by atoms with Crippen LogP contribution in [0.25, 0.3) is 16.3 Å². The fraction of sp³-hybridized carbons (Fsp3) is 0.0714. The lowest BCUT2D eigenvalue weighted by Crippen LogP contribution is -2.11. The van der Waals surface area contributed by atoms with Crippen molar-refractivity contribution in [1.29, 1.82) is 0 Å². The number of hydrogen-bond acceptors (Lipinski definition) is 6. The van der Waals surface area contributed by atoms with Gasteiger partial charge in [0.15, 0.2) is 15.8 Å². The Morgan fingerprint density at radius 3 is 2.88 bits per heavy atom. The first-order valence-corrected chi connectivity index (χ1v) is 8.44. The number of anilines is 2. The van der Waals surface area contributed by atoms with Crippen LogP contribution in [0, 0.1) is 0 Å². The number of rotatable bonds is 3. The number of imidazole rings is 1. The minimum absolute atomic E-state index is 0.125. The van der Waals surface area contributed by atoms with Crippen molar-refractivity contribution in [3.8, 4) is 11.4 Å². The number of pyridine rings is 1. The lowest BCUT2D eigenvalue weighted by Gasteiger charge is -2.11. The van der Waals surface area contributed by atoms with Crippen LogP contribution in [0.4, 0.5) is 24.0 Å². The molecule has 0 bridgehead atoms. The van der Waals surface area contributed by atoms with Gasteiger partial charge in [-0.15, -0.1) is 22.7 Å². The molecule has 0 saturated carbocycles. The smallest absolute Gasteiger partial charge is 0.330 e. The van der Waals surface area contributed by atoms with Gasteiger partial charge in [-0.05, 0) is 12.1 Å². The molecule has 0 aliphatic heterocycles. The molecule has 5 nitrogen and oxygen atoms in total. The molecular weight excluding hydrogens is 359 g/mol. The van der Waals surface area contributed by atoms with E-state index in [-0.39, 0.29) is 5.69 Å². The summed E-state index contributed by atoms with van der Waals surface area (Å²) in [6.45, 7) is 0. The molecule has 122 valence electrons. The number of hydrogen-bond donors (Lipinski definition) is 1. The molecule has 0 atom stereocenters. The van der Waals surface area contributed by atoms with Gasteiger partial charge in [-0.2, -0.15) is 13.2 Å². The summed E-state index contributed by atoms with van der Waals surface area (Å²) in [5.74, 6) is 0. The average molecular weight is 367 g/mol. The maximum absolute atomic E-state index is 13.0. The summed E-state index contributed by atoms with van der Waals surface area (Å²) in [6.07, 6.45) is 0.145. The van der Waals surface area contributed by atoms with Crippen LogP contribution < -0.4 is 5.32 Å². The van der Waals surface area contributed by atoms with Crippen molar-refractivity contribution in [3.05, 3.63) is 47.2 Å². The minimum Gasteiger partial charge on any atom is -0.330 e. The first-order valence-electron chi connectivity index (χ1n) is 6.68. The molecule has 0 amide bonds. The van der Waals surface area contributed by atoms with Crippen LogP contribution in [0.5, 0.6) is 0 Å². The highest BCUT2D eigenvalue weighted by Gasteiger charge is 2.35. The number of alkyl halides is 3. The Kier molecular flexibility index (Phi) is 3.50. The maximum atomic E-state index is 13.0. The molecule has 1 N–H and O–H groups in total. The third-order valence-electron chi connectivity index (χ3n) is 3.23. The van der Waals surface area contributed by atoms with E-state index in [0.717, 1.165) is 16.9 Å². The number of fused-ring (bicyclic) bond motifs is 1. The van der Waals surface area contributed by atoms with E-state index in [0.29, 0.717) is 10.8 Å². The predicted molar refractivity (Wildman–Crippen MR) is 86.7 cm³/mol. The Labute approximate surface area is 141 Å². The van der Waals surface area contributed by atoms with E-state index >= 15 is 0 Å². The van der Waals surface area contributed by atoms with Gasteiger partial charge < -0.3 is 5.32 Å². The predicted octanol–water partition coefficient (Wildman–Crippen LogP) is 4.68. The van der Waals surface area contributed by atoms with Crippen molar-refractivity contribution < 1.29 is 13.2 Å².